The summed E-state index contributed by atoms with van der Waals surface area (Å²) in [5.41, 5.74) is 9.09. The molecule has 0 saturated carbocycles. The summed E-state index contributed by atoms with van der Waals surface area (Å²) >= 11 is 0. The molecule has 0 amide bonds. The van der Waals surface area contributed by atoms with E-state index in [0.29, 0.717) is 0 Å². The second kappa shape index (κ2) is 4.38. The number of nitrogens with zero attached hydrogens (tertiary/aromatic N) is 2. The number of nitrogens with two attached hydrogens (primary N) is 1. The lowest BCUT2D eigenvalue weighted by Gasteiger charge is -2.20. The Morgan fingerprint density at radius 2 is 2.06 bits per heavy atom. The Morgan fingerprint density at radius 1 is 1.35 bits per heavy atom. The smallest absolute Gasteiger partial charge is 0.0684 e. The van der Waals surface area contributed by atoms with Gasteiger partial charge in [-0.2, -0.15) is 5.26 Å². The molecule has 1 aliphatic heterocycles. The first-order chi connectivity index (χ1) is 8.00. The molecule has 0 atom stereocenters. The van der Waals surface area contributed by atoms with Crippen LogP contribution in [-0.4, -0.2) is 11.4 Å². The van der Waals surface area contributed by atoms with Crippen molar-refractivity contribution in [2.45, 2.75) is 33.4 Å². The van der Waals surface area contributed by atoms with E-state index < -0.39 is 0 Å². The topological polar surface area (TPSA) is 53.0 Å². The number of benzene rings is 1. The maximum absolute atomic E-state index is 8.99. The number of rotatable bonds is 3. The van der Waals surface area contributed by atoms with Crippen LogP contribution in [0.3, 0.4) is 0 Å². The SMILES string of the molecule is CC(C)(C#N)CCN1Cc2ccc(N)cc2C1. The van der Waals surface area contributed by atoms with Gasteiger partial charge in [0.05, 0.1) is 11.5 Å². The summed E-state index contributed by atoms with van der Waals surface area (Å²) in [5.74, 6) is 0. The molecule has 0 bridgehead atoms. The molecule has 2 N–H and O–H groups in total. The van der Waals surface area contributed by atoms with Gasteiger partial charge in [-0.3, -0.25) is 4.90 Å². The van der Waals surface area contributed by atoms with Crippen LogP contribution in [0.5, 0.6) is 0 Å². The third kappa shape index (κ3) is 2.78. The number of anilines is 1. The van der Waals surface area contributed by atoms with E-state index in [0.717, 1.165) is 31.7 Å². The van der Waals surface area contributed by atoms with Gasteiger partial charge in [-0.05, 0) is 43.5 Å². The lowest BCUT2D eigenvalue weighted by molar-refractivity contribution is 0.248. The van der Waals surface area contributed by atoms with E-state index in [1.165, 1.54) is 11.1 Å². The molecule has 17 heavy (non-hydrogen) atoms. The Bertz CT molecular complexity index is 457. The molecule has 3 heteroatoms. The molecular formula is C14H19N3. The molecule has 0 aliphatic carbocycles. The minimum atomic E-state index is -0.228. The normalized spacial score (nSPS) is 15.6. The second-order valence-electron chi connectivity index (χ2n) is 5.48. The van der Waals surface area contributed by atoms with Crippen LogP contribution in [0.1, 0.15) is 31.4 Å². The Hall–Kier alpha value is -1.53. The third-order valence-electron chi connectivity index (χ3n) is 3.37. The van der Waals surface area contributed by atoms with E-state index in [9.17, 15) is 0 Å². The van der Waals surface area contributed by atoms with E-state index >= 15 is 0 Å². The van der Waals surface area contributed by atoms with Crippen molar-refractivity contribution in [1.29, 1.82) is 5.26 Å². The molecule has 0 unspecified atom stereocenters. The Kier molecular flexibility index (Phi) is 3.08. The molecule has 0 spiro atoms. The number of hydrogen-bond donors (Lipinski definition) is 1. The van der Waals surface area contributed by atoms with Gasteiger partial charge in [0.2, 0.25) is 0 Å². The van der Waals surface area contributed by atoms with Crippen LogP contribution >= 0.6 is 0 Å². The highest BCUT2D eigenvalue weighted by atomic mass is 15.1. The predicted molar refractivity (Wildman–Crippen MR) is 69.0 cm³/mol. The zero-order chi connectivity index (χ0) is 12.5. The van der Waals surface area contributed by atoms with Gasteiger partial charge in [0.25, 0.3) is 0 Å². The standard InChI is InChI=1S/C14H19N3/c1-14(2,10-15)5-6-17-8-11-3-4-13(16)7-12(11)9-17/h3-4,7H,5-6,8-9,16H2,1-2H3. The summed E-state index contributed by atoms with van der Waals surface area (Å²) in [6, 6.07) is 8.48. The van der Waals surface area contributed by atoms with Gasteiger partial charge in [0.1, 0.15) is 0 Å². The maximum atomic E-state index is 8.99. The van der Waals surface area contributed by atoms with Crippen molar-refractivity contribution in [2.24, 2.45) is 5.41 Å². The van der Waals surface area contributed by atoms with E-state index in [1.54, 1.807) is 0 Å². The van der Waals surface area contributed by atoms with Crippen LogP contribution in [0.25, 0.3) is 0 Å². The number of hydrogen-bond acceptors (Lipinski definition) is 3. The molecule has 0 fully saturated rings. The molecule has 2 rings (SSSR count). The van der Waals surface area contributed by atoms with Crippen molar-refractivity contribution >= 4 is 5.69 Å². The molecular weight excluding hydrogens is 210 g/mol. The lowest BCUT2D eigenvalue weighted by Crippen LogP contribution is -2.23. The number of nitrogen functional groups attached to an aromatic ring is 1. The molecule has 0 aromatic heterocycles. The van der Waals surface area contributed by atoms with Gasteiger partial charge in [-0.1, -0.05) is 6.07 Å². The van der Waals surface area contributed by atoms with Gasteiger partial charge in [0.15, 0.2) is 0 Å². The quantitative estimate of drug-likeness (QED) is 0.810. The Labute approximate surface area is 103 Å². The third-order valence-corrected chi connectivity index (χ3v) is 3.37. The molecule has 1 aromatic rings. The fourth-order valence-corrected chi connectivity index (χ4v) is 2.14. The van der Waals surface area contributed by atoms with E-state index in [1.807, 2.05) is 19.9 Å². The van der Waals surface area contributed by atoms with Gasteiger partial charge < -0.3 is 5.73 Å². The summed E-state index contributed by atoms with van der Waals surface area (Å²) in [6.45, 7) is 6.90. The van der Waals surface area contributed by atoms with Crippen LogP contribution in [0.4, 0.5) is 5.69 Å². The van der Waals surface area contributed by atoms with Gasteiger partial charge in [-0.25, -0.2) is 0 Å². The van der Waals surface area contributed by atoms with Crippen LogP contribution in [-0.2, 0) is 13.1 Å². The zero-order valence-corrected chi connectivity index (χ0v) is 10.5. The molecule has 90 valence electrons. The Morgan fingerprint density at radius 3 is 2.76 bits per heavy atom. The maximum Gasteiger partial charge on any atom is 0.0684 e. The van der Waals surface area contributed by atoms with Crippen molar-refractivity contribution in [3.8, 4) is 6.07 Å². The fraction of sp³-hybridized carbons (Fsp3) is 0.500. The van der Waals surface area contributed by atoms with Gasteiger partial charge in [-0.15, -0.1) is 0 Å². The first-order valence-electron chi connectivity index (χ1n) is 6.01. The van der Waals surface area contributed by atoms with Crippen molar-refractivity contribution < 1.29 is 0 Å². The van der Waals surface area contributed by atoms with E-state index in [4.69, 9.17) is 11.0 Å². The number of fused-ring (bicyclic) bond motifs is 1. The largest absolute Gasteiger partial charge is 0.399 e. The van der Waals surface area contributed by atoms with E-state index in [-0.39, 0.29) is 5.41 Å². The summed E-state index contributed by atoms with van der Waals surface area (Å²) in [7, 11) is 0. The van der Waals surface area contributed by atoms with Crippen LogP contribution in [0, 0.1) is 16.7 Å². The van der Waals surface area contributed by atoms with Crippen molar-refractivity contribution in [2.75, 3.05) is 12.3 Å². The first kappa shape index (κ1) is 11.9. The van der Waals surface area contributed by atoms with Crippen molar-refractivity contribution in [1.82, 2.24) is 4.90 Å². The second-order valence-corrected chi connectivity index (χ2v) is 5.48. The Balaban J connectivity index is 1.95. The zero-order valence-electron chi connectivity index (χ0n) is 10.5. The summed E-state index contributed by atoms with van der Waals surface area (Å²) in [4.78, 5) is 2.38. The van der Waals surface area contributed by atoms with Gasteiger partial charge in [0, 0.05) is 25.3 Å². The van der Waals surface area contributed by atoms with Crippen molar-refractivity contribution in [3.63, 3.8) is 0 Å². The molecule has 1 heterocycles. The summed E-state index contributed by atoms with van der Waals surface area (Å²) < 4.78 is 0. The molecule has 1 aliphatic rings. The molecule has 0 radical (unpaired) electrons. The fourth-order valence-electron chi connectivity index (χ4n) is 2.14. The minimum Gasteiger partial charge on any atom is -0.399 e. The monoisotopic (exact) mass is 229 g/mol. The highest BCUT2D eigenvalue weighted by Crippen LogP contribution is 2.27. The predicted octanol–water partition coefficient (Wildman–Crippen LogP) is 2.52. The van der Waals surface area contributed by atoms with Crippen LogP contribution in [0.2, 0.25) is 0 Å². The van der Waals surface area contributed by atoms with Gasteiger partial charge >= 0.3 is 0 Å². The van der Waals surface area contributed by atoms with Crippen LogP contribution < -0.4 is 5.73 Å². The molecule has 3 nitrogen and oxygen atoms in total. The minimum absolute atomic E-state index is 0.228. The summed E-state index contributed by atoms with van der Waals surface area (Å²) in [6.07, 6.45) is 0.910. The molecule has 0 saturated heterocycles. The van der Waals surface area contributed by atoms with Crippen molar-refractivity contribution in [3.05, 3.63) is 29.3 Å². The highest BCUT2D eigenvalue weighted by molar-refractivity contribution is 5.46. The van der Waals surface area contributed by atoms with Crippen LogP contribution in [0.15, 0.2) is 18.2 Å². The highest BCUT2D eigenvalue weighted by Gasteiger charge is 2.22. The average molecular weight is 229 g/mol. The van der Waals surface area contributed by atoms with E-state index in [2.05, 4.69) is 23.1 Å². The summed E-state index contributed by atoms with van der Waals surface area (Å²) in [5, 5.41) is 8.99. The average Bonchev–Trinajstić information content (AvgIpc) is 2.68. The lowest BCUT2D eigenvalue weighted by atomic mass is 9.91. The first-order valence-corrected chi connectivity index (χ1v) is 6.01. The molecule has 1 aromatic carbocycles. The number of nitriles is 1.